The highest BCUT2D eigenvalue weighted by Crippen LogP contribution is 2.26. The Kier molecular flexibility index (Phi) is 3.38. The number of para-hydroxylation sites is 1. The molecule has 2 aromatic carbocycles. The number of anilines is 1. The fraction of sp³-hybridized carbons (Fsp3) is 0.167. The summed E-state index contributed by atoms with van der Waals surface area (Å²) in [5, 5.41) is 1.01. The van der Waals surface area contributed by atoms with E-state index in [1.807, 2.05) is 30.3 Å². The minimum Gasteiger partial charge on any atom is -0.398 e. The fourth-order valence-corrected chi connectivity index (χ4v) is 2.48. The third-order valence-corrected chi connectivity index (χ3v) is 3.54. The molecule has 0 aliphatic carbocycles. The smallest absolute Gasteiger partial charge is 0.0730 e. The van der Waals surface area contributed by atoms with E-state index in [1.165, 1.54) is 12.0 Å². The molecule has 0 bridgehead atoms. The van der Waals surface area contributed by atoms with Gasteiger partial charge in [-0.15, -0.1) is 0 Å². The molecule has 0 saturated carbocycles. The fourth-order valence-electron chi connectivity index (χ4n) is 2.48. The van der Waals surface area contributed by atoms with Crippen LogP contribution < -0.4 is 5.73 Å². The van der Waals surface area contributed by atoms with Gasteiger partial charge in [-0.25, -0.2) is 4.98 Å². The zero-order valence-electron chi connectivity index (χ0n) is 11.6. The lowest BCUT2D eigenvalue weighted by Gasteiger charge is -2.07. The van der Waals surface area contributed by atoms with Crippen molar-refractivity contribution in [3.63, 3.8) is 0 Å². The Balaban J connectivity index is 2.05. The van der Waals surface area contributed by atoms with Crippen molar-refractivity contribution in [1.29, 1.82) is 0 Å². The van der Waals surface area contributed by atoms with Crippen LogP contribution in [0.25, 0.3) is 22.2 Å². The molecule has 3 aromatic rings. The van der Waals surface area contributed by atoms with Gasteiger partial charge in [-0.3, -0.25) is 0 Å². The molecule has 2 nitrogen and oxygen atoms in total. The number of hydrogen-bond acceptors (Lipinski definition) is 2. The Morgan fingerprint density at radius 1 is 1.00 bits per heavy atom. The third kappa shape index (κ3) is 2.37. The zero-order valence-corrected chi connectivity index (χ0v) is 11.6. The molecule has 0 saturated heterocycles. The summed E-state index contributed by atoms with van der Waals surface area (Å²) in [5.41, 5.74) is 11.3. The predicted octanol–water partition coefficient (Wildman–Crippen LogP) is 4.44. The number of pyridine rings is 1. The van der Waals surface area contributed by atoms with Gasteiger partial charge < -0.3 is 5.73 Å². The van der Waals surface area contributed by atoms with E-state index in [4.69, 9.17) is 10.7 Å². The highest BCUT2D eigenvalue weighted by atomic mass is 14.7. The summed E-state index contributed by atoms with van der Waals surface area (Å²) in [5.74, 6) is 0. The first-order chi connectivity index (χ1) is 9.78. The summed E-state index contributed by atoms with van der Waals surface area (Å²) in [6.45, 7) is 2.19. The van der Waals surface area contributed by atoms with Crippen molar-refractivity contribution in [3.8, 4) is 11.3 Å². The SMILES string of the molecule is CCCc1ccc(-c2cc(N)c3ccccc3n2)cc1. The second-order valence-corrected chi connectivity index (χ2v) is 5.06. The van der Waals surface area contributed by atoms with Crippen LogP contribution in [0.5, 0.6) is 0 Å². The van der Waals surface area contributed by atoms with Gasteiger partial charge in [0.15, 0.2) is 0 Å². The molecule has 0 amide bonds. The summed E-state index contributed by atoms with van der Waals surface area (Å²) in [6, 6.07) is 18.5. The van der Waals surface area contributed by atoms with E-state index in [9.17, 15) is 0 Å². The predicted molar refractivity (Wildman–Crippen MR) is 85.6 cm³/mol. The van der Waals surface area contributed by atoms with E-state index in [0.29, 0.717) is 0 Å². The molecule has 0 aliphatic rings. The van der Waals surface area contributed by atoms with Gasteiger partial charge >= 0.3 is 0 Å². The normalized spacial score (nSPS) is 10.8. The van der Waals surface area contributed by atoms with Gasteiger partial charge in [0, 0.05) is 16.6 Å². The topological polar surface area (TPSA) is 38.9 Å². The van der Waals surface area contributed by atoms with Crippen LogP contribution >= 0.6 is 0 Å². The minimum atomic E-state index is 0.781. The van der Waals surface area contributed by atoms with Crippen molar-refractivity contribution in [3.05, 3.63) is 60.2 Å². The van der Waals surface area contributed by atoms with Crippen molar-refractivity contribution in [1.82, 2.24) is 4.98 Å². The Labute approximate surface area is 119 Å². The van der Waals surface area contributed by atoms with Crippen LogP contribution in [-0.4, -0.2) is 4.98 Å². The van der Waals surface area contributed by atoms with Gasteiger partial charge in [0.2, 0.25) is 0 Å². The average Bonchev–Trinajstić information content (AvgIpc) is 2.48. The molecular weight excluding hydrogens is 244 g/mol. The second kappa shape index (κ2) is 5.33. The third-order valence-electron chi connectivity index (χ3n) is 3.54. The summed E-state index contributed by atoms with van der Waals surface area (Å²) < 4.78 is 0. The van der Waals surface area contributed by atoms with Crippen molar-refractivity contribution in [2.24, 2.45) is 0 Å². The number of nitrogens with two attached hydrogens (primary N) is 1. The summed E-state index contributed by atoms with van der Waals surface area (Å²) in [6.07, 6.45) is 2.29. The highest BCUT2D eigenvalue weighted by Gasteiger charge is 2.05. The molecule has 0 aliphatic heterocycles. The first-order valence-electron chi connectivity index (χ1n) is 7.02. The maximum atomic E-state index is 6.13. The van der Waals surface area contributed by atoms with E-state index in [0.717, 1.165) is 34.3 Å². The second-order valence-electron chi connectivity index (χ2n) is 5.06. The van der Waals surface area contributed by atoms with Gasteiger partial charge in [-0.05, 0) is 24.1 Å². The first-order valence-corrected chi connectivity index (χ1v) is 7.02. The molecule has 0 radical (unpaired) electrons. The molecule has 0 fully saturated rings. The molecule has 0 unspecified atom stereocenters. The lowest BCUT2D eigenvalue weighted by molar-refractivity contribution is 0.922. The highest BCUT2D eigenvalue weighted by molar-refractivity contribution is 5.92. The van der Waals surface area contributed by atoms with Crippen LogP contribution in [0.1, 0.15) is 18.9 Å². The monoisotopic (exact) mass is 262 g/mol. The van der Waals surface area contributed by atoms with Crippen LogP contribution in [0.4, 0.5) is 5.69 Å². The maximum absolute atomic E-state index is 6.13. The minimum absolute atomic E-state index is 0.781. The van der Waals surface area contributed by atoms with E-state index >= 15 is 0 Å². The Hall–Kier alpha value is -2.35. The zero-order chi connectivity index (χ0) is 13.9. The molecule has 1 aromatic heterocycles. The summed E-state index contributed by atoms with van der Waals surface area (Å²) in [7, 11) is 0. The number of aryl methyl sites for hydroxylation is 1. The Morgan fingerprint density at radius 2 is 1.75 bits per heavy atom. The summed E-state index contributed by atoms with van der Waals surface area (Å²) >= 11 is 0. The molecular formula is C18H18N2. The lowest BCUT2D eigenvalue weighted by atomic mass is 10.0. The number of nitrogen functional groups attached to an aromatic ring is 1. The molecule has 1 heterocycles. The van der Waals surface area contributed by atoms with Crippen molar-refractivity contribution < 1.29 is 0 Å². The molecule has 100 valence electrons. The first kappa shape index (κ1) is 12.7. The van der Waals surface area contributed by atoms with E-state index < -0.39 is 0 Å². The number of nitrogens with zero attached hydrogens (tertiary/aromatic N) is 1. The van der Waals surface area contributed by atoms with E-state index in [-0.39, 0.29) is 0 Å². The molecule has 20 heavy (non-hydrogen) atoms. The van der Waals surface area contributed by atoms with Gasteiger partial charge in [0.25, 0.3) is 0 Å². The lowest BCUT2D eigenvalue weighted by Crippen LogP contribution is -1.92. The summed E-state index contributed by atoms with van der Waals surface area (Å²) in [4.78, 5) is 4.70. The van der Waals surface area contributed by atoms with Gasteiger partial charge in [0.1, 0.15) is 0 Å². The van der Waals surface area contributed by atoms with Crippen LogP contribution in [-0.2, 0) is 6.42 Å². The molecule has 0 atom stereocenters. The number of benzene rings is 2. The standard InChI is InChI=1S/C18H18N2/c1-2-5-13-8-10-14(11-9-13)18-12-16(19)15-6-3-4-7-17(15)20-18/h3-4,6-12H,2,5H2,1H3,(H2,19,20). The van der Waals surface area contributed by atoms with Gasteiger partial charge in [-0.1, -0.05) is 55.8 Å². The molecule has 2 heteroatoms. The van der Waals surface area contributed by atoms with Crippen LogP contribution in [0.3, 0.4) is 0 Å². The number of fused-ring (bicyclic) bond motifs is 1. The molecule has 0 spiro atoms. The Morgan fingerprint density at radius 3 is 2.50 bits per heavy atom. The maximum Gasteiger partial charge on any atom is 0.0730 e. The van der Waals surface area contributed by atoms with E-state index in [1.54, 1.807) is 0 Å². The van der Waals surface area contributed by atoms with E-state index in [2.05, 4.69) is 31.2 Å². The molecule has 2 N–H and O–H groups in total. The van der Waals surface area contributed by atoms with Crippen LogP contribution in [0.2, 0.25) is 0 Å². The molecule has 3 rings (SSSR count). The largest absolute Gasteiger partial charge is 0.398 e. The van der Waals surface area contributed by atoms with Crippen molar-refractivity contribution >= 4 is 16.6 Å². The number of aromatic nitrogens is 1. The quantitative estimate of drug-likeness (QED) is 0.758. The number of rotatable bonds is 3. The van der Waals surface area contributed by atoms with Crippen molar-refractivity contribution in [2.75, 3.05) is 5.73 Å². The van der Waals surface area contributed by atoms with Gasteiger partial charge in [-0.2, -0.15) is 0 Å². The van der Waals surface area contributed by atoms with Crippen LogP contribution in [0, 0.1) is 0 Å². The Bertz CT molecular complexity index is 730. The van der Waals surface area contributed by atoms with Crippen molar-refractivity contribution in [2.45, 2.75) is 19.8 Å². The van der Waals surface area contributed by atoms with Crippen LogP contribution in [0.15, 0.2) is 54.6 Å². The number of hydrogen-bond donors (Lipinski definition) is 1. The van der Waals surface area contributed by atoms with Gasteiger partial charge in [0.05, 0.1) is 11.2 Å². The average molecular weight is 262 g/mol.